The van der Waals surface area contributed by atoms with Crippen LogP contribution in [0.3, 0.4) is 0 Å². The molecule has 0 aromatic carbocycles. The number of aliphatic hydroxyl groups is 2. The third-order valence-electron chi connectivity index (χ3n) is 16.8. The summed E-state index contributed by atoms with van der Waals surface area (Å²) >= 11 is 0. The predicted molar refractivity (Wildman–Crippen MR) is 181 cm³/mol. The zero-order chi connectivity index (χ0) is 34.2. The molecule has 14 atom stereocenters. The normalized spacial score (nSPS) is 52.1. The summed E-state index contributed by atoms with van der Waals surface area (Å²) in [7, 11) is 0. The maximum Gasteiger partial charge on any atom is 0.303 e. The van der Waals surface area contributed by atoms with Crippen LogP contribution in [0.5, 0.6) is 0 Å². The molecule has 48 heavy (non-hydrogen) atoms. The van der Waals surface area contributed by atoms with Crippen molar-refractivity contribution in [3.05, 3.63) is 0 Å². The number of morpholine rings is 1. The Kier molecular flexibility index (Phi) is 7.93. The second-order valence-electron chi connectivity index (χ2n) is 19.5. The summed E-state index contributed by atoms with van der Waals surface area (Å²) in [6.07, 6.45) is 6.87. The molecule has 4 unspecified atom stereocenters. The fourth-order valence-corrected chi connectivity index (χ4v) is 14.4. The summed E-state index contributed by atoms with van der Waals surface area (Å²) in [5.74, 6) is 1.15. The van der Waals surface area contributed by atoms with Gasteiger partial charge < -0.3 is 34.5 Å². The first kappa shape index (κ1) is 34.3. The minimum Gasteiger partial charge on any atom is -0.457 e. The average Bonchev–Trinajstić information content (AvgIpc) is 3.61. The van der Waals surface area contributed by atoms with E-state index < -0.39 is 29.9 Å². The van der Waals surface area contributed by atoms with Gasteiger partial charge in [-0.15, -0.1) is 0 Å². The van der Waals surface area contributed by atoms with E-state index in [2.05, 4.69) is 44.8 Å². The molecule has 8 rings (SSSR count). The summed E-state index contributed by atoms with van der Waals surface area (Å²) in [5, 5.41) is 27.0. The Bertz CT molecular complexity index is 1280. The topological polar surface area (TPSA) is 110 Å². The number of carbonyl (C=O) groups is 1. The van der Waals surface area contributed by atoms with Crippen molar-refractivity contribution in [3.63, 3.8) is 0 Å². The lowest BCUT2D eigenvalue weighted by Crippen LogP contribution is -2.62. The standard InChI is InChI=1S/C39H64N2O7/c1-22-17-25(33(35(5,6)44)46-23(2)42)47-31-30(22)36(7)13-14-39-21-38(39)12-11-28(48-29-20-41(15-16-45-29)24-18-40-19-24)34(3,4)26(38)9-10-27(39)37(36,8)32(31)43/h22,24-33,40,43-44H,9-21H2,1-8H3/t22?,25-,26+,27+,28+,29?,30?,31+,32+,33+,36-,37-,38?,39+/m1/s1. The molecule has 0 radical (unpaired) electrons. The summed E-state index contributed by atoms with van der Waals surface area (Å²) in [6.45, 7) is 21.7. The summed E-state index contributed by atoms with van der Waals surface area (Å²) < 4.78 is 25.7. The largest absolute Gasteiger partial charge is 0.457 e. The van der Waals surface area contributed by atoms with Crippen molar-refractivity contribution in [2.75, 3.05) is 32.8 Å². The van der Waals surface area contributed by atoms with E-state index >= 15 is 0 Å². The second-order valence-corrected chi connectivity index (χ2v) is 19.5. The van der Waals surface area contributed by atoms with Gasteiger partial charge in [0.2, 0.25) is 0 Å². The molecule has 3 N–H and O–H groups in total. The molecule has 3 aliphatic heterocycles. The number of hydrogen-bond acceptors (Lipinski definition) is 9. The molecule has 0 aromatic rings. The van der Waals surface area contributed by atoms with E-state index in [4.69, 9.17) is 18.9 Å². The lowest BCUT2D eigenvalue weighted by Gasteiger charge is -2.64. The van der Waals surface area contributed by atoms with E-state index in [1.807, 2.05) is 0 Å². The van der Waals surface area contributed by atoms with Crippen LogP contribution in [0.2, 0.25) is 0 Å². The number of rotatable bonds is 6. The van der Waals surface area contributed by atoms with Gasteiger partial charge in [0.15, 0.2) is 12.4 Å². The fourth-order valence-electron chi connectivity index (χ4n) is 14.4. The van der Waals surface area contributed by atoms with E-state index in [9.17, 15) is 15.0 Å². The Morgan fingerprint density at radius 3 is 2.42 bits per heavy atom. The molecular weight excluding hydrogens is 608 g/mol. The maximum absolute atomic E-state index is 12.6. The minimum absolute atomic E-state index is 0.0460. The highest BCUT2D eigenvalue weighted by atomic mass is 16.7. The molecule has 9 nitrogen and oxygen atoms in total. The number of carbonyl (C=O) groups excluding carboxylic acids is 1. The minimum atomic E-state index is -1.25. The van der Waals surface area contributed by atoms with Crippen LogP contribution in [0.25, 0.3) is 0 Å². The van der Waals surface area contributed by atoms with Gasteiger partial charge in [-0.1, -0.05) is 34.6 Å². The van der Waals surface area contributed by atoms with Crippen molar-refractivity contribution < 1.29 is 34.0 Å². The lowest BCUT2D eigenvalue weighted by molar-refractivity contribution is -0.251. The molecule has 8 fully saturated rings. The summed E-state index contributed by atoms with van der Waals surface area (Å²) in [5.41, 5.74) is -0.903. The van der Waals surface area contributed by atoms with Gasteiger partial charge in [-0.05, 0) is 111 Å². The van der Waals surface area contributed by atoms with Crippen LogP contribution in [0.1, 0.15) is 107 Å². The highest BCUT2D eigenvalue weighted by Crippen LogP contribution is 2.89. The number of ether oxygens (including phenoxy) is 4. The van der Waals surface area contributed by atoms with Gasteiger partial charge in [0.25, 0.3) is 0 Å². The molecular formula is C39H64N2O7. The van der Waals surface area contributed by atoms with Crippen LogP contribution < -0.4 is 5.32 Å². The van der Waals surface area contributed by atoms with Crippen LogP contribution in [0.4, 0.5) is 0 Å². The first-order valence-corrected chi connectivity index (χ1v) is 19.4. The Balaban J connectivity index is 1.03. The number of fused-ring (bicyclic) bond motifs is 4. The number of nitrogens with one attached hydrogen (secondary N) is 1. The van der Waals surface area contributed by atoms with Crippen LogP contribution in [-0.2, 0) is 23.7 Å². The average molecular weight is 673 g/mol. The number of nitrogens with zero attached hydrogens (tertiary/aromatic N) is 1. The zero-order valence-corrected chi connectivity index (χ0v) is 30.9. The van der Waals surface area contributed by atoms with Gasteiger partial charge in [-0.25, -0.2) is 0 Å². The van der Waals surface area contributed by atoms with Crippen LogP contribution in [0.15, 0.2) is 0 Å². The molecule has 2 spiro atoms. The van der Waals surface area contributed by atoms with Crippen molar-refractivity contribution in [2.24, 2.45) is 50.7 Å². The highest BCUT2D eigenvalue weighted by Gasteiger charge is 2.84. The fraction of sp³-hybridized carbons (Fsp3) is 0.974. The van der Waals surface area contributed by atoms with Crippen molar-refractivity contribution >= 4 is 5.97 Å². The number of esters is 1. The van der Waals surface area contributed by atoms with Crippen molar-refractivity contribution in [1.82, 2.24) is 10.2 Å². The Morgan fingerprint density at radius 1 is 1.04 bits per heavy atom. The molecule has 5 saturated carbocycles. The smallest absolute Gasteiger partial charge is 0.303 e. The molecule has 0 aromatic heterocycles. The van der Waals surface area contributed by atoms with Gasteiger partial charge in [0, 0.05) is 44.6 Å². The molecule has 0 bridgehead atoms. The van der Waals surface area contributed by atoms with Gasteiger partial charge in [-0.3, -0.25) is 9.69 Å². The van der Waals surface area contributed by atoms with Gasteiger partial charge >= 0.3 is 5.97 Å². The maximum atomic E-state index is 12.6. The molecule has 8 aliphatic rings. The predicted octanol–water partition coefficient (Wildman–Crippen LogP) is 4.52. The zero-order valence-electron chi connectivity index (χ0n) is 30.9. The van der Waals surface area contributed by atoms with Crippen molar-refractivity contribution in [2.45, 2.75) is 155 Å². The molecule has 5 aliphatic carbocycles. The number of hydrogen-bond donors (Lipinski definition) is 3. The van der Waals surface area contributed by atoms with Crippen LogP contribution in [0, 0.1) is 50.7 Å². The van der Waals surface area contributed by atoms with Gasteiger partial charge in [-0.2, -0.15) is 0 Å². The summed E-state index contributed by atoms with van der Waals surface area (Å²) in [6, 6.07) is 0.619. The molecule has 272 valence electrons. The number of aliphatic hydroxyl groups excluding tert-OH is 1. The monoisotopic (exact) mass is 672 g/mol. The second kappa shape index (κ2) is 11.1. The molecule has 0 amide bonds. The molecule has 3 saturated heterocycles. The lowest BCUT2D eigenvalue weighted by atomic mass is 9.41. The van der Waals surface area contributed by atoms with E-state index in [1.165, 1.54) is 32.6 Å². The van der Waals surface area contributed by atoms with E-state index in [1.54, 1.807) is 13.8 Å². The Morgan fingerprint density at radius 2 is 1.75 bits per heavy atom. The summed E-state index contributed by atoms with van der Waals surface area (Å²) in [4.78, 5) is 14.7. The van der Waals surface area contributed by atoms with Crippen molar-refractivity contribution in [3.8, 4) is 0 Å². The van der Waals surface area contributed by atoms with Crippen molar-refractivity contribution in [1.29, 1.82) is 0 Å². The Labute approximate surface area is 288 Å². The molecule has 9 heteroatoms. The highest BCUT2D eigenvalue weighted by molar-refractivity contribution is 5.66. The van der Waals surface area contributed by atoms with E-state index in [0.717, 1.165) is 52.0 Å². The first-order chi connectivity index (χ1) is 22.5. The first-order valence-electron chi connectivity index (χ1n) is 19.4. The van der Waals surface area contributed by atoms with E-state index in [0.29, 0.717) is 29.7 Å². The Hall–Kier alpha value is -0.810. The van der Waals surface area contributed by atoms with Crippen LogP contribution in [-0.4, -0.2) is 102 Å². The van der Waals surface area contributed by atoms with Gasteiger partial charge in [0.1, 0.15) is 0 Å². The van der Waals surface area contributed by atoms with Crippen LogP contribution >= 0.6 is 0 Å². The molecule has 3 heterocycles. The third kappa shape index (κ3) is 4.55. The van der Waals surface area contributed by atoms with E-state index in [-0.39, 0.29) is 52.0 Å². The van der Waals surface area contributed by atoms with Gasteiger partial charge in [0.05, 0.1) is 36.6 Å². The quantitative estimate of drug-likeness (QED) is 0.351. The SMILES string of the molecule is CC(=O)O[C@@H]([C@H]1CC(C)C2[C@H](O1)[C@H](O)[C@@]1(C)[C@@H]3CC[C@H]4C(C)(C)[C@@H](OC5CN(C6CNC6)CCO5)CCC45C[C@@]35CC[C@]21C)C(C)(C)O. The third-order valence-corrected chi connectivity index (χ3v) is 16.8.